The third-order valence-electron chi connectivity index (χ3n) is 5.80. The van der Waals surface area contributed by atoms with Crippen LogP contribution in [0, 0.1) is 0 Å². The molecule has 2 amide bonds. The molecule has 2 atom stereocenters. The number of aryl methyl sites for hydroxylation is 1. The summed E-state index contributed by atoms with van der Waals surface area (Å²) in [4.78, 5) is 26.6. The topological polar surface area (TPSA) is 62.6 Å². The van der Waals surface area contributed by atoms with Crippen LogP contribution in [-0.4, -0.2) is 31.4 Å². The Kier molecular flexibility index (Phi) is 8.17. The molecule has 5 heteroatoms. The third kappa shape index (κ3) is 6.05. The summed E-state index contributed by atoms with van der Waals surface area (Å²) >= 11 is 0. The number of hydrogen-bond donors (Lipinski definition) is 3. The SMILES string of the molecule is CCc1ccccc1NC(=O)C[NH+](C)[C@H](C)C(=O)NC(c1ccccc1)c1ccccc1. The molecule has 0 aliphatic heterocycles. The summed E-state index contributed by atoms with van der Waals surface area (Å²) in [6.45, 7) is 4.11. The Morgan fingerprint density at radius 3 is 1.94 bits per heavy atom. The number of nitrogens with one attached hydrogen (secondary N) is 3. The molecule has 3 rings (SSSR count). The fourth-order valence-electron chi connectivity index (χ4n) is 3.69. The first-order valence-electron chi connectivity index (χ1n) is 11.1. The van der Waals surface area contributed by atoms with Crippen LogP contribution in [0.2, 0.25) is 0 Å². The van der Waals surface area contributed by atoms with Gasteiger partial charge in [0, 0.05) is 5.69 Å². The molecule has 0 fully saturated rings. The normalized spacial score (nSPS) is 12.8. The van der Waals surface area contributed by atoms with Gasteiger partial charge in [-0.25, -0.2) is 0 Å². The van der Waals surface area contributed by atoms with Crippen LogP contribution in [0.3, 0.4) is 0 Å². The number of amides is 2. The van der Waals surface area contributed by atoms with E-state index in [-0.39, 0.29) is 24.4 Å². The lowest BCUT2D eigenvalue weighted by atomic mass is 9.98. The summed E-state index contributed by atoms with van der Waals surface area (Å²) < 4.78 is 0. The molecule has 0 radical (unpaired) electrons. The lowest BCUT2D eigenvalue weighted by Gasteiger charge is -2.25. The standard InChI is InChI=1S/C27H31N3O2/c1-4-21-13-11-12-18-24(21)28-25(31)19-30(3)20(2)27(32)29-26(22-14-7-5-8-15-22)23-16-9-6-10-17-23/h5-18,20,26H,4,19H2,1-3H3,(H,28,31)(H,29,32)/p+1/t20-/m1/s1. The second kappa shape index (κ2) is 11.3. The first kappa shape index (κ1) is 23.2. The molecular formula is C27H32N3O2+. The molecule has 1 unspecified atom stereocenters. The summed E-state index contributed by atoms with van der Waals surface area (Å²) in [5.41, 5.74) is 3.97. The fourth-order valence-corrected chi connectivity index (χ4v) is 3.69. The van der Waals surface area contributed by atoms with E-state index in [1.165, 1.54) is 0 Å². The smallest absolute Gasteiger partial charge is 0.279 e. The van der Waals surface area contributed by atoms with Crippen LogP contribution >= 0.6 is 0 Å². The van der Waals surface area contributed by atoms with Gasteiger partial charge in [-0.2, -0.15) is 0 Å². The van der Waals surface area contributed by atoms with Crippen molar-refractivity contribution in [2.45, 2.75) is 32.4 Å². The predicted molar refractivity (Wildman–Crippen MR) is 129 cm³/mol. The van der Waals surface area contributed by atoms with Crippen LogP contribution in [0.25, 0.3) is 0 Å². The molecule has 0 saturated heterocycles. The zero-order valence-corrected chi connectivity index (χ0v) is 19.0. The van der Waals surface area contributed by atoms with Crippen molar-refractivity contribution in [1.29, 1.82) is 0 Å². The molecule has 0 saturated carbocycles. The van der Waals surface area contributed by atoms with E-state index in [1.807, 2.05) is 98.9 Å². The minimum absolute atomic E-state index is 0.0954. The second-order valence-corrected chi connectivity index (χ2v) is 8.07. The molecule has 0 heterocycles. The maximum absolute atomic E-state index is 13.1. The van der Waals surface area contributed by atoms with E-state index in [9.17, 15) is 9.59 Å². The van der Waals surface area contributed by atoms with Crippen LogP contribution in [-0.2, 0) is 16.0 Å². The van der Waals surface area contributed by atoms with Gasteiger partial charge in [-0.15, -0.1) is 0 Å². The number of benzene rings is 3. The molecule has 0 aromatic heterocycles. The summed E-state index contributed by atoms with van der Waals surface area (Å²) in [7, 11) is 1.87. The Balaban J connectivity index is 1.66. The quantitative estimate of drug-likeness (QED) is 0.489. The van der Waals surface area contributed by atoms with E-state index in [1.54, 1.807) is 0 Å². The number of hydrogen-bond acceptors (Lipinski definition) is 2. The number of quaternary nitrogens is 1. The van der Waals surface area contributed by atoms with E-state index in [0.29, 0.717) is 0 Å². The largest absolute Gasteiger partial charge is 0.340 e. The van der Waals surface area contributed by atoms with E-state index in [0.717, 1.165) is 33.7 Å². The van der Waals surface area contributed by atoms with Crippen molar-refractivity contribution in [3.05, 3.63) is 102 Å². The first-order chi connectivity index (χ1) is 15.5. The zero-order chi connectivity index (χ0) is 22.9. The highest BCUT2D eigenvalue weighted by Crippen LogP contribution is 2.21. The van der Waals surface area contributed by atoms with E-state index in [2.05, 4.69) is 17.6 Å². The molecule has 0 aliphatic carbocycles. The highest BCUT2D eigenvalue weighted by atomic mass is 16.2. The van der Waals surface area contributed by atoms with Gasteiger partial charge in [-0.3, -0.25) is 9.59 Å². The summed E-state index contributed by atoms with van der Waals surface area (Å²) in [6.07, 6.45) is 0.846. The monoisotopic (exact) mass is 430 g/mol. The number of para-hydroxylation sites is 1. The number of carbonyl (C=O) groups is 2. The maximum atomic E-state index is 13.1. The Bertz CT molecular complexity index is 982. The Morgan fingerprint density at radius 1 is 0.844 bits per heavy atom. The van der Waals surface area contributed by atoms with Crippen molar-refractivity contribution in [2.24, 2.45) is 0 Å². The van der Waals surface area contributed by atoms with Crippen molar-refractivity contribution in [1.82, 2.24) is 5.32 Å². The molecule has 0 bridgehead atoms. The number of anilines is 1. The van der Waals surface area contributed by atoms with Crippen LogP contribution < -0.4 is 15.5 Å². The van der Waals surface area contributed by atoms with Gasteiger partial charge >= 0.3 is 0 Å². The van der Waals surface area contributed by atoms with Crippen molar-refractivity contribution in [2.75, 3.05) is 18.9 Å². The van der Waals surface area contributed by atoms with Crippen molar-refractivity contribution >= 4 is 17.5 Å². The number of likely N-dealkylation sites (N-methyl/N-ethyl adjacent to an activating group) is 1. The van der Waals surface area contributed by atoms with Crippen molar-refractivity contribution in [3.63, 3.8) is 0 Å². The van der Waals surface area contributed by atoms with Gasteiger partial charge in [0.25, 0.3) is 11.8 Å². The molecule has 3 N–H and O–H groups in total. The number of rotatable bonds is 9. The molecule has 166 valence electrons. The average molecular weight is 431 g/mol. The van der Waals surface area contributed by atoms with Crippen LogP contribution in [0.15, 0.2) is 84.9 Å². The van der Waals surface area contributed by atoms with Gasteiger partial charge in [0.2, 0.25) is 0 Å². The molecule has 5 nitrogen and oxygen atoms in total. The van der Waals surface area contributed by atoms with E-state index < -0.39 is 6.04 Å². The third-order valence-corrected chi connectivity index (χ3v) is 5.80. The van der Waals surface area contributed by atoms with Gasteiger partial charge in [0.1, 0.15) is 0 Å². The Morgan fingerprint density at radius 2 is 1.38 bits per heavy atom. The second-order valence-electron chi connectivity index (χ2n) is 8.07. The highest BCUT2D eigenvalue weighted by molar-refractivity contribution is 5.92. The summed E-state index contributed by atoms with van der Waals surface area (Å²) in [6, 6.07) is 27.0. The average Bonchev–Trinajstić information content (AvgIpc) is 2.83. The van der Waals surface area contributed by atoms with Gasteiger partial charge in [0.15, 0.2) is 12.6 Å². The van der Waals surface area contributed by atoms with Gasteiger partial charge in [-0.1, -0.05) is 85.8 Å². The van der Waals surface area contributed by atoms with Gasteiger partial charge in [0.05, 0.1) is 13.1 Å². The molecule has 3 aromatic rings. The molecule has 0 spiro atoms. The van der Waals surface area contributed by atoms with Crippen molar-refractivity contribution < 1.29 is 14.5 Å². The molecular weight excluding hydrogens is 398 g/mol. The minimum atomic E-state index is -0.392. The first-order valence-corrected chi connectivity index (χ1v) is 11.1. The fraction of sp³-hybridized carbons (Fsp3) is 0.259. The number of carbonyl (C=O) groups excluding carboxylic acids is 2. The van der Waals surface area contributed by atoms with E-state index in [4.69, 9.17) is 0 Å². The van der Waals surface area contributed by atoms with Gasteiger partial charge in [-0.05, 0) is 36.1 Å². The summed E-state index contributed by atoms with van der Waals surface area (Å²) in [5.74, 6) is -0.201. The van der Waals surface area contributed by atoms with Crippen molar-refractivity contribution in [3.8, 4) is 0 Å². The van der Waals surface area contributed by atoms with Crippen LogP contribution in [0.5, 0.6) is 0 Å². The maximum Gasteiger partial charge on any atom is 0.279 e. The highest BCUT2D eigenvalue weighted by Gasteiger charge is 2.27. The lowest BCUT2D eigenvalue weighted by Crippen LogP contribution is -3.15. The van der Waals surface area contributed by atoms with Crippen LogP contribution in [0.1, 0.15) is 36.6 Å². The Hall–Kier alpha value is -3.44. The zero-order valence-electron chi connectivity index (χ0n) is 19.0. The van der Waals surface area contributed by atoms with Crippen LogP contribution in [0.4, 0.5) is 5.69 Å². The molecule has 32 heavy (non-hydrogen) atoms. The minimum Gasteiger partial charge on any atom is -0.340 e. The predicted octanol–water partition coefficient (Wildman–Crippen LogP) is 3.00. The summed E-state index contributed by atoms with van der Waals surface area (Å²) in [5, 5.41) is 6.17. The Labute approximate surface area is 190 Å². The van der Waals surface area contributed by atoms with Gasteiger partial charge < -0.3 is 15.5 Å². The van der Waals surface area contributed by atoms with E-state index >= 15 is 0 Å². The molecule has 3 aromatic carbocycles. The molecule has 0 aliphatic rings. The lowest BCUT2D eigenvalue weighted by molar-refractivity contribution is -0.885.